The van der Waals surface area contributed by atoms with Crippen LogP contribution in [0.1, 0.15) is 36.4 Å². The molecule has 140 valence electrons. The van der Waals surface area contributed by atoms with E-state index >= 15 is 0 Å². The highest BCUT2D eigenvalue weighted by Crippen LogP contribution is 2.18. The normalized spacial score (nSPS) is 18.1. The lowest BCUT2D eigenvalue weighted by atomic mass is 10.3. The van der Waals surface area contributed by atoms with E-state index in [0.29, 0.717) is 6.61 Å². The Morgan fingerprint density at radius 2 is 2.08 bits per heavy atom. The minimum absolute atomic E-state index is 0.0696. The van der Waals surface area contributed by atoms with Crippen molar-refractivity contribution in [2.75, 3.05) is 26.2 Å². The molecule has 2 aliphatic heterocycles. The summed E-state index contributed by atoms with van der Waals surface area (Å²) in [5, 5.41) is 8.54. The van der Waals surface area contributed by atoms with Crippen molar-refractivity contribution in [2.45, 2.75) is 45.5 Å². The third-order valence-corrected chi connectivity index (χ3v) is 5.02. The summed E-state index contributed by atoms with van der Waals surface area (Å²) in [6.07, 6.45) is 4.91. The zero-order chi connectivity index (χ0) is 17.8. The Hall–Kier alpha value is -2.19. The number of hydrogen-bond acceptors (Lipinski definition) is 6. The minimum atomic E-state index is 0.0696. The fraction of sp³-hybridized carbons (Fsp3) is 0.611. The SMILES string of the molecule is O=C(COCc1nnn2c1CN(Cc1ccco1)CCC2)N1CCCC1. The summed E-state index contributed by atoms with van der Waals surface area (Å²) in [7, 11) is 0. The predicted octanol–water partition coefficient (Wildman–Crippen LogP) is 1.42. The average molecular weight is 359 g/mol. The monoisotopic (exact) mass is 359 g/mol. The average Bonchev–Trinajstić information content (AvgIpc) is 3.37. The van der Waals surface area contributed by atoms with Gasteiger partial charge in [0.05, 0.1) is 25.1 Å². The molecule has 0 atom stereocenters. The van der Waals surface area contributed by atoms with Crippen molar-refractivity contribution in [1.29, 1.82) is 0 Å². The van der Waals surface area contributed by atoms with Crippen LogP contribution < -0.4 is 0 Å². The molecule has 1 saturated heterocycles. The number of ether oxygens (including phenoxy) is 1. The van der Waals surface area contributed by atoms with E-state index in [2.05, 4.69) is 15.2 Å². The van der Waals surface area contributed by atoms with Gasteiger partial charge in [0.25, 0.3) is 0 Å². The Kier molecular flexibility index (Phi) is 5.31. The summed E-state index contributed by atoms with van der Waals surface area (Å²) in [5.74, 6) is 1.03. The molecule has 2 aliphatic rings. The number of aryl methyl sites for hydroxylation is 1. The number of rotatable bonds is 6. The maximum Gasteiger partial charge on any atom is 0.248 e. The Morgan fingerprint density at radius 3 is 2.88 bits per heavy atom. The molecule has 8 heteroatoms. The maximum atomic E-state index is 12.1. The van der Waals surface area contributed by atoms with Crippen LogP contribution in [0.4, 0.5) is 0 Å². The summed E-state index contributed by atoms with van der Waals surface area (Å²) in [6.45, 7) is 5.50. The van der Waals surface area contributed by atoms with Gasteiger partial charge in [0, 0.05) is 32.7 Å². The molecule has 0 aliphatic carbocycles. The molecule has 4 heterocycles. The van der Waals surface area contributed by atoms with Crippen LogP contribution in [0.2, 0.25) is 0 Å². The van der Waals surface area contributed by atoms with Gasteiger partial charge in [-0.2, -0.15) is 0 Å². The molecule has 1 fully saturated rings. The van der Waals surface area contributed by atoms with Crippen molar-refractivity contribution < 1.29 is 13.9 Å². The predicted molar refractivity (Wildman–Crippen MR) is 92.9 cm³/mol. The Balaban J connectivity index is 1.35. The molecule has 0 unspecified atom stereocenters. The van der Waals surface area contributed by atoms with Crippen molar-refractivity contribution in [3.63, 3.8) is 0 Å². The number of carbonyl (C=O) groups excluding carboxylic acids is 1. The second kappa shape index (κ2) is 8.01. The van der Waals surface area contributed by atoms with Crippen LogP contribution in [0, 0.1) is 0 Å². The molecule has 1 amide bonds. The third-order valence-electron chi connectivity index (χ3n) is 5.02. The number of carbonyl (C=O) groups is 1. The molecular formula is C18H25N5O3. The van der Waals surface area contributed by atoms with Gasteiger partial charge in [0.15, 0.2) is 0 Å². The van der Waals surface area contributed by atoms with E-state index in [1.807, 2.05) is 21.7 Å². The first-order chi connectivity index (χ1) is 12.8. The van der Waals surface area contributed by atoms with E-state index in [1.54, 1.807) is 6.26 Å². The molecule has 8 nitrogen and oxygen atoms in total. The van der Waals surface area contributed by atoms with Gasteiger partial charge < -0.3 is 14.1 Å². The molecule has 0 N–H and O–H groups in total. The van der Waals surface area contributed by atoms with Gasteiger partial charge in [-0.05, 0) is 31.4 Å². The summed E-state index contributed by atoms with van der Waals surface area (Å²) >= 11 is 0. The van der Waals surface area contributed by atoms with Crippen molar-refractivity contribution in [2.24, 2.45) is 0 Å². The van der Waals surface area contributed by atoms with Gasteiger partial charge in [0.2, 0.25) is 5.91 Å². The Morgan fingerprint density at radius 1 is 1.19 bits per heavy atom. The number of likely N-dealkylation sites (tertiary alicyclic amines) is 1. The lowest BCUT2D eigenvalue weighted by molar-refractivity contribution is -0.135. The van der Waals surface area contributed by atoms with E-state index in [0.717, 1.165) is 75.7 Å². The molecule has 26 heavy (non-hydrogen) atoms. The molecule has 0 aromatic carbocycles. The second-order valence-electron chi connectivity index (χ2n) is 6.93. The number of aromatic nitrogens is 3. The smallest absolute Gasteiger partial charge is 0.248 e. The van der Waals surface area contributed by atoms with Gasteiger partial charge in [-0.1, -0.05) is 5.21 Å². The second-order valence-corrected chi connectivity index (χ2v) is 6.93. The number of hydrogen-bond donors (Lipinski definition) is 0. The molecule has 0 bridgehead atoms. The van der Waals surface area contributed by atoms with Gasteiger partial charge in [0.1, 0.15) is 18.1 Å². The van der Waals surface area contributed by atoms with Gasteiger partial charge in [-0.25, -0.2) is 4.68 Å². The molecule has 4 rings (SSSR count). The van der Waals surface area contributed by atoms with E-state index in [1.165, 1.54) is 0 Å². The molecule has 0 spiro atoms. The van der Waals surface area contributed by atoms with Crippen LogP contribution in [0.5, 0.6) is 0 Å². The van der Waals surface area contributed by atoms with Crippen molar-refractivity contribution in [3.05, 3.63) is 35.5 Å². The van der Waals surface area contributed by atoms with Gasteiger partial charge in [-0.15, -0.1) is 5.10 Å². The first kappa shape index (κ1) is 17.2. The lowest BCUT2D eigenvalue weighted by Gasteiger charge is -2.18. The van der Waals surface area contributed by atoms with Gasteiger partial charge in [-0.3, -0.25) is 9.69 Å². The highest BCUT2D eigenvalue weighted by Gasteiger charge is 2.22. The maximum absolute atomic E-state index is 12.1. The fourth-order valence-electron chi connectivity index (χ4n) is 3.62. The van der Waals surface area contributed by atoms with E-state index in [-0.39, 0.29) is 12.5 Å². The Labute approximate surface area is 152 Å². The van der Waals surface area contributed by atoms with Crippen molar-refractivity contribution >= 4 is 5.91 Å². The number of amides is 1. The lowest BCUT2D eigenvalue weighted by Crippen LogP contribution is -2.31. The van der Waals surface area contributed by atoms with E-state index < -0.39 is 0 Å². The molecule has 0 radical (unpaired) electrons. The standard InChI is InChI=1S/C18H25N5O3/c24-18(22-7-1-2-8-22)14-25-13-16-17-12-21(11-15-5-3-10-26-15)6-4-9-23(17)20-19-16/h3,5,10H,1-2,4,6-9,11-14H2. The number of furan rings is 1. The van der Waals surface area contributed by atoms with Crippen LogP contribution in [-0.2, 0) is 35.8 Å². The highest BCUT2D eigenvalue weighted by atomic mass is 16.5. The third kappa shape index (κ3) is 3.96. The van der Waals surface area contributed by atoms with E-state index in [9.17, 15) is 4.79 Å². The molecule has 2 aromatic heterocycles. The zero-order valence-corrected chi connectivity index (χ0v) is 15.0. The van der Waals surface area contributed by atoms with Crippen LogP contribution in [0.15, 0.2) is 22.8 Å². The quantitative estimate of drug-likeness (QED) is 0.776. The number of fused-ring (bicyclic) bond motifs is 1. The summed E-state index contributed by atoms with van der Waals surface area (Å²) in [5.41, 5.74) is 1.90. The summed E-state index contributed by atoms with van der Waals surface area (Å²) in [4.78, 5) is 16.3. The zero-order valence-electron chi connectivity index (χ0n) is 15.0. The van der Waals surface area contributed by atoms with Crippen LogP contribution in [-0.4, -0.2) is 56.9 Å². The largest absolute Gasteiger partial charge is 0.468 e. The summed E-state index contributed by atoms with van der Waals surface area (Å²) < 4.78 is 13.1. The Bertz CT molecular complexity index is 721. The van der Waals surface area contributed by atoms with Crippen molar-refractivity contribution in [3.8, 4) is 0 Å². The van der Waals surface area contributed by atoms with Gasteiger partial charge >= 0.3 is 0 Å². The molecule has 2 aromatic rings. The van der Waals surface area contributed by atoms with Crippen molar-refractivity contribution in [1.82, 2.24) is 24.8 Å². The van der Waals surface area contributed by atoms with Crippen LogP contribution in [0.25, 0.3) is 0 Å². The summed E-state index contributed by atoms with van der Waals surface area (Å²) in [6, 6.07) is 3.91. The minimum Gasteiger partial charge on any atom is -0.468 e. The number of nitrogens with zero attached hydrogens (tertiary/aromatic N) is 5. The first-order valence-electron chi connectivity index (χ1n) is 9.31. The van der Waals surface area contributed by atoms with E-state index in [4.69, 9.17) is 9.15 Å². The molecular weight excluding hydrogens is 334 g/mol. The fourth-order valence-corrected chi connectivity index (χ4v) is 3.62. The molecule has 0 saturated carbocycles. The van der Waals surface area contributed by atoms with Crippen LogP contribution in [0.3, 0.4) is 0 Å². The van der Waals surface area contributed by atoms with Crippen LogP contribution >= 0.6 is 0 Å². The first-order valence-corrected chi connectivity index (χ1v) is 9.31. The topological polar surface area (TPSA) is 76.6 Å². The highest BCUT2D eigenvalue weighted by molar-refractivity contribution is 5.77.